The Morgan fingerprint density at radius 2 is 1.97 bits per heavy atom. The van der Waals surface area contributed by atoms with Crippen molar-refractivity contribution in [1.82, 2.24) is 10.1 Å². The number of aliphatic hydroxyl groups excluding tert-OH is 1. The molecule has 0 saturated heterocycles. The summed E-state index contributed by atoms with van der Waals surface area (Å²) in [4.78, 5) is 5.90. The number of halogens is 1. The molecule has 7 heteroatoms. The lowest BCUT2D eigenvalue weighted by atomic mass is 9.92. The van der Waals surface area contributed by atoms with Crippen LogP contribution >= 0.6 is 0 Å². The summed E-state index contributed by atoms with van der Waals surface area (Å²) in [5, 5.41) is 14.0. The van der Waals surface area contributed by atoms with Gasteiger partial charge in [-0.3, -0.25) is 0 Å². The highest BCUT2D eigenvalue weighted by molar-refractivity contribution is 5.77. The Kier molecular flexibility index (Phi) is 6.29. The van der Waals surface area contributed by atoms with Crippen LogP contribution in [0.1, 0.15) is 35.4 Å². The molecule has 0 fully saturated rings. The molecule has 1 aromatic heterocycles. The summed E-state index contributed by atoms with van der Waals surface area (Å²) in [6, 6.07) is 14.5. The lowest BCUT2D eigenvalue weighted by molar-refractivity contribution is 0.276. The molecular weight excluding hydrogens is 371 g/mol. The Hall–Kier alpha value is -3.19. The Labute approximate surface area is 169 Å². The first-order valence-corrected chi connectivity index (χ1v) is 9.32. The minimum absolute atomic E-state index is 0.168. The third-order valence-corrected chi connectivity index (χ3v) is 4.89. The van der Waals surface area contributed by atoms with Gasteiger partial charge in [-0.15, -0.1) is 0 Å². The van der Waals surface area contributed by atoms with Crippen molar-refractivity contribution in [3.8, 4) is 11.1 Å². The van der Waals surface area contributed by atoms with E-state index in [1.54, 1.807) is 25.1 Å². The van der Waals surface area contributed by atoms with Crippen molar-refractivity contribution < 1.29 is 14.0 Å². The van der Waals surface area contributed by atoms with Crippen LogP contribution in [0, 0.1) is 5.82 Å². The van der Waals surface area contributed by atoms with Crippen molar-refractivity contribution in [2.45, 2.75) is 26.0 Å². The fraction of sp³-hybridized carbons (Fsp3) is 0.273. The van der Waals surface area contributed by atoms with E-state index in [0.717, 1.165) is 11.1 Å². The van der Waals surface area contributed by atoms with Crippen molar-refractivity contribution in [3.05, 3.63) is 76.9 Å². The van der Waals surface area contributed by atoms with Crippen LogP contribution < -0.4 is 5.73 Å². The first-order valence-electron chi connectivity index (χ1n) is 9.32. The van der Waals surface area contributed by atoms with Crippen LogP contribution in [0.2, 0.25) is 0 Å². The van der Waals surface area contributed by atoms with Gasteiger partial charge in [-0.2, -0.15) is 0 Å². The Bertz CT molecular complexity index is 999. The van der Waals surface area contributed by atoms with Crippen molar-refractivity contribution in [3.63, 3.8) is 0 Å². The number of aliphatic imine (C=N–C) groups is 1. The lowest BCUT2D eigenvalue weighted by Gasteiger charge is -2.13. The molecule has 0 aliphatic rings. The molecule has 0 amide bonds. The third-order valence-electron chi connectivity index (χ3n) is 4.89. The van der Waals surface area contributed by atoms with E-state index in [0.29, 0.717) is 28.5 Å². The number of guanidine groups is 1. The zero-order valence-corrected chi connectivity index (χ0v) is 16.8. The van der Waals surface area contributed by atoms with Crippen LogP contribution in [-0.4, -0.2) is 35.2 Å². The number of aliphatic hydroxyl groups is 1. The van der Waals surface area contributed by atoms with Gasteiger partial charge in [0, 0.05) is 31.1 Å². The zero-order valence-electron chi connectivity index (χ0n) is 16.8. The highest BCUT2D eigenvalue weighted by atomic mass is 19.1. The van der Waals surface area contributed by atoms with Gasteiger partial charge in [0.05, 0.1) is 12.3 Å². The van der Waals surface area contributed by atoms with Gasteiger partial charge in [0.15, 0.2) is 11.7 Å². The summed E-state index contributed by atoms with van der Waals surface area (Å²) in [5.74, 6) is 0.223. The fourth-order valence-electron chi connectivity index (χ4n) is 3.10. The van der Waals surface area contributed by atoms with Crippen molar-refractivity contribution >= 4 is 5.96 Å². The summed E-state index contributed by atoms with van der Waals surface area (Å²) in [7, 11) is 3.57. The van der Waals surface area contributed by atoms with Crippen LogP contribution in [-0.2, 0) is 13.2 Å². The Morgan fingerprint density at radius 3 is 2.59 bits per heavy atom. The summed E-state index contributed by atoms with van der Waals surface area (Å²) >= 11 is 0. The predicted molar refractivity (Wildman–Crippen MR) is 111 cm³/mol. The minimum Gasteiger partial charge on any atom is -0.391 e. The molecule has 3 rings (SSSR count). The third kappa shape index (κ3) is 4.46. The van der Waals surface area contributed by atoms with Crippen molar-refractivity contribution in [1.29, 1.82) is 0 Å². The molecule has 0 saturated carbocycles. The van der Waals surface area contributed by atoms with Gasteiger partial charge in [0.1, 0.15) is 12.4 Å². The molecule has 0 spiro atoms. The van der Waals surface area contributed by atoms with Gasteiger partial charge in [-0.25, -0.2) is 9.38 Å². The summed E-state index contributed by atoms with van der Waals surface area (Å²) in [6.07, 6.45) is 0. The molecule has 0 aliphatic heterocycles. The molecule has 0 bridgehead atoms. The van der Waals surface area contributed by atoms with Crippen LogP contribution in [0.25, 0.3) is 11.1 Å². The smallest absolute Gasteiger partial charge is 0.191 e. The zero-order chi connectivity index (χ0) is 21.0. The standard InChI is InChI=1S/C22H25FN4O2/c1-14(16-9-10-17(19(23)11-16)15-7-5-4-6-8-15)21-18(13-28)20(29-26-21)12-25-22(24)27(2)3/h4-11,14,28H,12-13H2,1-3H3,(H2,24,25). The van der Waals surface area contributed by atoms with E-state index >= 15 is 0 Å². The maximum absolute atomic E-state index is 14.8. The Morgan fingerprint density at radius 1 is 1.24 bits per heavy atom. The number of hydrogen-bond donors (Lipinski definition) is 2. The van der Waals surface area contributed by atoms with Crippen molar-refractivity contribution in [2.24, 2.45) is 10.7 Å². The molecule has 3 N–H and O–H groups in total. The number of aromatic nitrogens is 1. The van der Waals surface area contributed by atoms with Crippen LogP contribution in [0.4, 0.5) is 4.39 Å². The normalized spacial score (nSPS) is 12.8. The molecule has 152 valence electrons. The highest BCUT2D eigenvalue weighted by Gasteiger charge is 2.22. The second-order valence-corrected chi connectivity index (χ2v) is 7.02. The first-order chi connectivity index (χ1) is 13.9. The second kappa shape index (κ2) is 8.87. The van der Waals surface area contributed by atoms with E-state index < -0.39 is 0 Å². The SMILES string of the molecule is CC(c1ccc(-c2ccccc2)c(F)c1)c1noc(CN=C(N)N(C)C)c1CO. The van der Waals surface area contributed by atoms with Gasteiger partial charge in [-0.05, 0) is 17.2 Å². The van der Waals surface area contributed by atoms with E-state index in [-0.39, 0.29) is 24.9 Å². The second-order valence-electron chi connectivity index (χ2n) is 7.02. The molecule has 6 nitrogen and oxygen atoms in total. The van der Waals surface area contributed by atoms with Gasteiger partial charge in [0.2, 0.25) is 0 Å². The number of nitrogens with two attached hydrogens (primary N) is 1. The van der Waals surface area contributed by atoms with Crippen LogP contribution in [0.15, 0.2) is 58.0 Å². The lowest BCUT2D eigenvalue weighted by Crippen LogP contribution is -2.30. The molecule has 0 radical (unpaired) electrons. The fourth-order valence-corrected chi connectivity index (χ4v) is 3.10. The molecular formula is C22H25FN4O2. The van der Waals surface area contributed by atoms with Crippen LogP contribution in [0.3, 0.4) is 0 Å². The first kappa shape index (κ1) is 20.5. The van der Waals surface area contributed by atoms with Crippen LogP contribution in [0.5, 0.6) is 0 Å². The highest BCUT2D eigenvalue weighted by Crippen LogP contribution is 2.31. The van der Waals surface area contributed by atoms with Gasteiger partial charge in [0.25, 0.3) is 0 Å². The van der Waals surface area contributed by atoms with Crippen molar-refractivity contribution in [2.75, 3.05) is 14.1 Å². The van der Waals surface area contributed by atoms with Gasteiger partial charge in [-0.1, -0.05) is 54.5 Å². The number of rotatable bonds is 6. The average Bonchev–Trinajstić information content (AvgIpc) is 3.14. The van der Waals surface area contributed by atoms with E-state index in [1.165, 1.54) is 6.07 Å². The molecule has 1 atom stereocenters. The summed E-state index contributed by atoms with van der Waals surface area (Å²) < 4.78 is 20.2. The molecule has 1 unspecified atom stereocenters. The topological polar surface area (TPSA) is 87.9 Å². The number of nitrogens with zero attached hydrogens (tertiary/aromatic N) is 3. The largest absolute Gasteiger partial charge is 0.391 e. The maximum Gasteiger partial charge on any atom is 0.191 e. The van der Waals surface area contributed by atoms with E-state index in [9.17, 15) is 9.50 Å². The molecule has 1 heterocycles. The van der Waals surface area contributed by atoms with E-state index in [1.807, 2.05) is 43.3 Å². The molecule has 29 heavy (non-hydrogen) atoms. The molecule has 2 aromatic carbocycles. The quantitative estimate of drug-likeness (QED) is 0.492. The predicted octanol–water partition coefficient (Wildman–Crippen LogP) is 3.50. The maximum atomic E-state index is 14.8. The molecule has 0 aliphatic carbocycles. The average molecular weight is 396 g/mol. The number of hydrogen-bond acceptors (Lipinski definition) is 4. The minimum atomic E-state index is -0.307. The Balaban J connectivity index is 1.88. The van der Waals surface area contributed by atoms with Gasteiger partial charge < -0.3 is 20.3 Å². The van der Waals surface area contributed by atoms with E-state index in [4.69, 9.17) is 10.3 Å². The number of benzene rings is 2. The monoisotopic (exact) mass is 396 g/mol. The van der Waals surface area contributed by atoms with Gasteiger partial charge >= 0.3 is 0 Å². The summed E-state index contributed by atoms with van der Waals surface area (Å²) in [6.45, 7) is 1.82. The summed E-state index contributed by atoms with van der Waals surface area (Å²) in [5.41, 5.74) is 9.02. The molecule has 3 aromatic rings. The van der Waals surface area contributed by atoms with E-state index in [2.05, 4.69) is 10.1 Å².